The van der Waals surface area contributed by atoms with Gasteiger partial charge < -0.3 is 4.74 Å². The third-order valence-corrected chi connectivity index (χ3v) is 1.94. The van der Waals surface area contributed by atoms with E-state index in [4.69, 9.17) is 4.74 Å². The molecule has 0 spiro atoms. The molecule has 0 aromatic carbocycles. The first-order valence-electron chi connectivity index (χ1n) is 5.41. The van der Waals surface area contributed by atoms with Gasteiger partial charge in [0.1, 0.15) is 0 Å². The molecule has 0 bridgehead atoms. The van der Waals surface area contributed by atoms with Crippen molar-refractivity contribution in [3.8, 4) is 0 Å². The quantitative estimate of drug-likeness (QED) is 0.588. The molecule has 3 fully saturated rings. The Morgan fingerprint density at radius 3 is 0.882 bits per heavy atom. The minimum atomic E-state index is 0. The van der Waals surface area contributed by atoms with Gasteiger partial charge in [-0.05, 0) is 77.0 Å². The van der Waals surface area contributed by atoms with Crippen LogP contribution in [0.2, 0.25) is 0 Å². The monoisotopic (exact) mass is 369 g/mol. The van der Waals surface area contributed by atoms with Gasteiger partial charge in [-0.25, -0.2) is 0 Å². The van der Waals surface area contributed by atoms with E-state index in [9.17, 15) is 0 Å². The Balaban J connectivity index is 0. The molecule has 0 N–H and O–H groups in total. The topological polar surface area (TPSA) is 9.23 Å². The third kappa shape index (κ3) is 15.3. The summed E-state index contributed by atoms with van der Waals surface area (Å²) in [5.41, 5.74) is 0. The number of hydrogen-bond donors (Lipinski definition) is 0. The molecule has 0 aromatic rings. The average molecular weight is 368 g/mol. The van der Waals surface area contributed by atoms with Crippen LogP contribution in [-0.2, 0) is 4.74 Å². The Morgan fingerprint density at radius 1 is 0.529 bits per heavy atom. The van der Waals surface area contributed by atoms with E-state index < -0.39 is 0 Å². The standard InChI is InChI=1S/2C5H5.C4H8O.BH4.Sm/c3*1-2-4-5-3-1;;/h2*1-5H;1-4H2;1H4;/q;;;-1;. The smallest absolute Gasteiger partial charge is 0.0466 e. The fourth-order valence-corrected chi connectivity index (χ4v) is 1.15. The first kappa shape index (κ1) is 20.7. The third-order valence-electron chi connectivity index (χ3n) is 1.94. The van der Waals surface area contributed by atoms with Gasteiger partial charge in [-0.15, -0.1) is 0 Å². The van der Waals surface area contributed by atoms with Gasteiger partial charge in [0.25, 0.3) is 0 Å². The second-order valence-electron chi connectivity index (χ2n) is 3.24. The van der Waals surface area contributed by atoms with Gasteiger partial charge in [0.15, 0.2) is 0 Å². The van der Waals surface area contributed by atoms with Crippen molar-refractivity contribution < 1.29 is 45.1 Å². The number of rotatable bonds is 0. The number of hydrogen-bond acceptors (Lipinski definition) is 1. The van der Waals surface area contributed by atoms with Crippen LogP contribution in [0.5, 0.6) is 0 Å². The van der Waals surface area contributed by atoms with Crippen LogP contribution in [0, 0.1) is 105 Å². The first-order valence-corrected chi connectivity index (χ1v) is 5.41. The van der Waals surface area contributed by atoms with Gasteiger partial charge in [0.05, 0.1) is 0 Å². The molecular formula is C14H22BOSm-. The molecule has 0 unspecified atom stereocenters. The molecule has 94 valence electrons. The van der Waals surface area contributed by atoms with Crippen molar-refractivity contribution in [1.82, 2.24) is 0 Å². The summed E-state index contributed by atoms with van der Waals surface area (Å²) in [4.78, 5) is 0. The number of ether oxygens (including phenoxy) is 1. The molecule has 0 amide bonds. The molecule has 10 radical (unpaired) electrons. The maximum Gasteiger partial charge on any atom is 0.0466 e. The van der Waals surface area contributed by atoms with Crippen LogP contribution in [0.4, 0.5) is 0 Å². The predicted octanol–water partition coefficient (Wildman–Crippen LogP) is 1.39. The molecule has 1 aliphatic heterocycles. The van der Waals surface area contributed by atoms with Crippen LogP contribution in [0.1, 0.15) is 12.8 Å². The SMILES string of the molecule is C1CCOC1.[BH4-].[CH]1[CH][CH][CH][CH]1.[CH]1[CH][CH][CH][CH]1.[Sm]. The molecule has 3 aliphatic rings. The molecule has 1 saturated heterocycles. The second-order valence-corrected chi connectivity index (χ2v) is 3.24. The summed E-state index contributed by atoms with van der Waals surface area (Å²) in [6.45, 7) is 2.00. The van der Waals surface area contributed by atoms with Crippen molar-refractivity contribution >= 4 is 8.41 Å². The Labute approximate surface area is 143 Å². The van der Waals surface area contributed by atoms with Crippen LogP contribution in [0.25, 0.3) is 0 Å². The van der Waals surface area contributed by atoms with Gasteiger partial charge in [0.2, 0.25) is 0 Å². The maximum absolute atomic E-state index is 4.94. The Hall–Kier alpha value is 1.36. The van der Waals surface area contributed by atoms with E-state index in [-0.39, 0.29) is 48.8 Å². The van der Waals surface area contributed by atoms with Crippen LogP contribution >= 0.6 is 0 Å². The van der Waals surface area contributed by atoms with Crippen molar-refractivity contribution in [1.29, 1.82) is 0 Å². The van der Waals surface area contributed by atoms with E-state index in [2.05, 4.69) is 0 Å². The molecular weight excluding hydrogens is 345 g/mol. The van der Waals surface area contributed by atoms with E-state index in [1.807, 2.05) is 64.2 Å². The van der Waals surface area contributed by atoms with E-state index >= 15 is 0 Å². The van der Waals surface area contributed by atoms with Gasteiger partial charge >= 0.3 is 0 Å². The van der Waals surface area contributed by atoms with E-state index in [0.717, 1.165) is 13.2 Å². The summed E-state index contributed by atoms with van der Waals surface area (Å²) in [7, 11) is 0. The van der Waals surface area contributed by atoms with Gasteiger partial charge in [-0.1, -0.05) is 8.41 Å². The molecule has 3 rings (SSSR count). The second kappa shape index (κ2) is 17.4. The van der Waals surface area contributed by atoms with Crippen molar-refractivity contribution in [2.75, 3.05) is 13.2 Å². The van der Waals surface area contributed by atoms with Crippen molar-refractivity contribution in [3.05, 3.63) is 64.2 Å². The zero-order chi connectivity index (χ0) is 10.6. The zero-order valence-corrected chi connectivity index (χ0v) is 12.0. The Bertz CT molecular complexity index is 74.8. The van der Waals surface area contributed by atoms with Crippen molar-refractivity contribution in [2.24, 2.45) is 0 Å². The molecule has 17 heavy (non-hydrogen) atoms. The summed E-state index contributed by atoms with van der Waals surface area (Å²) in [6, 6.07) is 0. The van der Waals surface area contributed by atoms with E-state index in [1.165, 1.54) is 12.8 Å². The minimum Gasteiger partial charge on any atom is -0.381 e. The van der Waals surface area contributed by atoms with Crippen LogP contribution in [0.3, 0.4) is 0 Å². The summed E-state index contributed by atoms with van der Waals surface area (Å²) in [5, 5.41) is 0. The summed E-state index contributed by atoms with van der Waals surface area (Å²) >= 11 is 0. The fraction of sp³-hybridized carbons (Fsp3) is 0.286. The summed E-state index contributed by atoms with van der Waals surface area (Å²) < 4.78 is 4.94. The largest absolute Gasteiger partial charge is 0.381 e. The molecule has 0 aromatic heterocycles. The summed E-state index contributed by atoms with van der Waals surface area (Å²) in [5.74, 6) is 0. The fourth-order valence-electron chi connectivity index (χ4n) is 1.15. The predicted molar refractivity (Wildman–Crippen MR) is 74.4 cm³/mol. The van der Waals surface area contributed by atoms with E-state index in [1.54, 1.807) is 0 Å². The van der Waals surface area contributed by atoms with Crippen LogP contribution in [-0.4, -0.2) is 21.6 Å². The van der Waals surface area contributed by atoms with Gasteiger partial charge in [0, 0.05) is 53.6 Å². The minimum absolute atomic E-state index is 0. The molecule has 0 atom stereocenters. The Kier molecular flexibility index (Phi) is 21.1. The molecule has 1 heterocycles. The Morgan fingerprint density at radius 2 is 0.765 bits per heavy atom. The van der Waals surface area contributed by atoms with Crippen LogP contribution in [0.15, 0.2) is 0 Å². The normalized spacial score (nSPS) is 21.2. The van der Waals surface area contributed by atoms with E-state index in [0.29, 0.717) is 0 Å². The maximum atomic E-state index is 4.94. The van der Waals surface area contributed by atoms with Gasteiger partial charge in [-0.2, -0.15) is 0 Å². The summed E-state index contributed by atoms with van der Waals surface area (Å²) in [6.07, 6.45) is 22.6. The first-order chi connectivity index (χ1) is 7.50. The van der Waals surface area contributed by atoms with Crippen LogP contribution < -0.4 is 0 Å². The molecule has 3 heteroatoms. The molecule has 1 nitrogen and oxygen atoms in total. The van der Waals surface area contributed by atoms with Crippen molar-refractivity contribution in [2.45, 2.75) is 12.8 Å². The molecule has 2 saturated carbocycles. The zero-order valence-electron chi connectivity index (χ0n) is 9.42. The molecule has 2 aliphatic carbocycles. The van der Waals surface area contributed by atoms with Crippen molar-refractivity contribution in [3.63, 3.8) is 0 Å². The average Bonchev–Trinajstić information content (AvgIpc) is 3.09. The van der Waals surface area contributed by atoms with Gasteiger partial charge in [-0.3, -0.25) is 0 Å².